The fraction of sp³-hybridized carbons (Fsp3) is 0.400. The van der Waals surface area contributed by atoms with Crippen molar-refractivity contribution in [2.75, 3.05) is 12.4 Å². The summed E-state index contributed by atoms with van der Waals surface area (Å²) in [5.41, 5.74) is 2.24. The maximum atomic E-state index is 4.61. The van der Waals surface area contributed by atoms with Gasteiger partial charge in [-0.1, -0.05) is 13.8 Å². The van der Waals surface area contributed by atoms with E-state index in [-0.39, 0.29) is 0 Å². The lowest BCUT2D eigenvalue weighted by molar-refractivity contribution is 0.755. The summed E-state index contributed by atoms with van der Waals surface area (Å²) in [6.45, 7) is 8.28. The highest BCUT2D eigenvalue weighted by atomic mass is 32.2. The zero-order valence-corrected chi connectivity index (χ0v) is 13.4. The molecule has 0 saturated carbocycles. The zero-order chi connectivity index (χ0) is 14.7. The van der Waals surface area contributed by atoms with Gasteiger partial charge in [-0.05, 0) is 43.3 Å². The molecule has 0 atom stereocenters. The Morgan fingerprint density at radius 1 is 1.00 bits per heavy atom. The van der Waals surface area contributed by atoms with Gasteiger partial charge in [0.1, 0.15) is 21.7 Å². The molecule has 2 aromatic rings. The van der Waals surface area contributed by atoms with E-state index in [9.17, 15) is 0 Å². The minimum Gasteiger partial charge on any atom is -0.373 e. The van der Waals surface area contributed by atoms with Crippen molar-refractivity contribution in [3.8, 4) is 0 Å². The molecule has 2 heterocycles. The van der Waals surface area contributed by atoms with Crippen LogP contribution in [-0.4, -0.2) is 22.0 Å². The second-order valence-corrected chi connectivity index (χ2v) is 6.12. The van der Waals surface area contributed by atoms with Crippen LogP contribution >= 0.6 is 11.8 Å². The van der Waals surface area contributed by atoms with Gasteiger partial charge in [-0.25, -0.2) is 15.0 Å². The van der Waals surface area contributed by atoms with Gasteiger partial charge in [0.2, 0.25) is 0 Å². The number of pyridine rings is 1. The first-order valence-electron chi connectivity index (χ1n) is 6.68. The van der Waals surface area contributed by atoms with Gasteiger partial charge in [-0.15, -0.1) is 0 Å². The third-order valence-corrected chi connectivity index (χ3v) is 3.61. The molecule has 20 heavy (non-hydrogen) atoms. The summed E-state index contributed by atoms with van der Waals surface area (Å²) in [6, 6.07) is 6.10. The van der Waals surface area contributed by atoms with E-state index in [0.29, 0.717) is 5.92 Å². The Labute approximate surface area is 124 Å². The average Bonchev–Trinajstić information content (AvgIpc) is 2.36. The molecule has 106 valence electrons. The van der Waals surface area contributed by atoms with Crippen LogP contribution in [0.1, 0.15) is 36.8 Å². The standard InChI is InChI=1S/C15H20N4S/c1-9(2)15-18-12(16-5)8-14(19-15)20-13-7-10(3)6-11(4)17-13/h6-9H,1-5H3,(H,16,18,19). The van der Waals surface area contributed by atoms with Gasteiger partial charge in [0.05, 0.1) is 0 Å². The van der Waals surface area contributed by atoms with Crippen LogP contribution in [0.3, 0.4) is 0 Å². The zero-order valence-electron chi connectivity index (χ0n) is 12.6. The first-order chi connectivity index (χ1) is 9.47. The molecule has 0 amide bonds. The van der Waals surface area contributed by atoms with E-state index in [1.165, 1.54) is 5.56 Å². The maximum absolute atomic E-state index is 4.61. The molecular formula is C15H20N4S. The van der Waals surface area contributed by atoms with Crippen molar-refractivity contribution in [3.63, 3.8) is 0 Å². The molecular weight excluding hydrogens is 268 g/mol. The highest BCUT2D eigenvalue weighted by Gasteiger charge is 2.09. The molecule has 0 spiro atoms. The van der Waals surface area contributed by atoms with Gasteiger partial charge in [-0.2, -0.15) is 0 Å². The highest BCUT2D eigenvalue weighted by Crippen LogP contribution is 2.28. The number of nitrogens with one attached hydrogen (secondary N) is 1. The van der Waals surface area contributed by atoms with E-state index in [2.05, 4.69) is 53.2 Å². The van der Waals surface area contributed by atoms with Crippen molar-refractivity contribution in [3.05, 3.63) is 35.3 Å². The van der Waals surface area contributed by atoms with E-state index in [4.69, 9.17) is 0 Å². The maximum Gasteiger partial charge on any atom is 0.134 e. The second-order valence-electron chi connectivity index (χ2n) is 5.08. The fourth-order valence-corrected chi connectivity index (χ4v) is 2.80. The Hall–Kier alpha value is -1.62. The van der Waals surface area contributed by atoms with Crippen molar-refractivity contribution < 1.29 is 0 Å². The Morgan fingerprint density at radius 3 is 2.30 bits per heavy atom. The number of rotatable bonds is 4. The lowest BCUT2D eigenvalue weighted by Crippen LogP contribution is -2.03. The van der Waals surface area contributed by atoms with E-state index in [0.717, 1.165) is 27.4 Å². The minimum atomic E-state index is 0.301. The largest absolute Gasteiger partial charge is 0.373 e. The van der Waals surface area contributed by atoms with Gasteiger partial charge in [0.15, 0.2) is 0 Å². The van der Waals surface area contributed by atoms with Gasteiger partial charge >= 0.3 is 0 Å². The quantitative estimate of drug-likeness (QED) is 0.867. The molecule has 0 aromatic carbocycles. The Balaban J connectivity index is 2.34. The lowest BCUT2D eigenvalue weighted by Gasteiger charge is -2.09. The first kappa shape index (κ1) is 14.8. The van der Waals surface area contributed by atoms with E-state index >= 15 is 0 Å². The minimum absolute atomic E-state index is 0.301. The van der Waals surface area contributed by atoms with Crippen LogP contribution in [0.15, 0.2) is 28.3 Å². The number of aryl methyl sites for hydroxylation is 2. The monoisotopic (exact) mass is 288 g/mol. The Morgan fingerprint density at radius 2 is 1.70 bits per heavy atom. The molecule has 0 aliphatic carbocycles. The molecule has 0 saturated heterocycles. The van der Waals surface area contributed by atoms with Crippen molar-refractivity contribution in [1.82, 2.24) is 15.0 Å². The SMILES string of the molecule is CNc1cc(Sc2cc(C)cc(C)n2)nc(C(C)C)n1. The third-order valence-electron chi connectivity index (χ3n) is 2.78. The summed E-state index contributed by atoms with van der Waals surface area (Å²) in [7, 11) is 1.87. The molecule has 0 fully saturated rings. The summed E-state index contributed by atoms with van der Waals surface area (Å²) in [5, 5.41) is 4.98. The lowest BCUT2D eigenvalue weighted by atomic mass is 10.2. The van der Waals surface area contributed by atoms with Crippen LogP contribution in [0.25, 0.3) is 0 Å². The van der Waals surface area contributed by atoms with Crippen LogP contribution in [-0.2, 0) is 0 Å². The molecule has 1 N–H and O–H groups in total. The predicted molar refractivity (Wildman–Crippen MR) is 83.5 cm³/mol. The molecule has 0 radical (unpaired) electrons. The van der Waals surface area contributed by atoms with E-state index < -0.39 is 0 Å². The van der Waals surface area contributed by atoms with Crippen LogP contribution in [0.5, 0.6) is 0 Å². The summed E-state index contributed by atoms with van der Waals surface area (Å²) >= 11 is 1.57. The van der Waals surface area contributed by atoms with E-state index in [1.54, 1.807) is 11.8 Å². The average molecular weight is 288 g/mol. The highest BCUT2D eigenvalue weighted by molar-refractivity contribution is 7.99. The normalized spacial score (nSPS) is 10.9. The number of nitrogens with zero attached hydrogens (tertiary/aromatic N) is 3. The molecule has 0 aliphatic heterocycles. The molecule has 0 bridgehead atoms. The van der Waals surface area contributed by atoms with E-state index in [1.807, 2.05) is 20.0 Å². The summed E-state index contributed by atoms with van der Waals surface area (Å²) in [5.74, 6) is 1.99. The predicted octanol–water partition coefficient (Wildman–Crippen LogP) is 3.80. The van der Waals surface area contributed by atoms with Crippen LogP contribution in [0.4, 0.5) is 5.82 Å². The van der Waals surface area contributed by atoms with Crippen molar-refractivity contribution in [2.24, 2.45) is 0 Å². The molecule has 2 aromatic heterocycles. The summed E-state index contributed by atoms with van der Waals surface area (Å²) < 4.78 is 0. The van der Waals surface area contributed by atoms with Gasteiger partial charge in [0.25, 0.3) is 0 Å². The third kappa shape index (κ3) is 3.70. The van der Waals surface area contributed by atoms with Crippen molar-refractivity contribution >= 4 is 17.6 Å². The second kappa shape index (κ2) is 6.22. The Kier molecular flexibility index (Phi) is 4.60. The number of hydrogen-bond donors (Lipinski definition) is 1. The Bertz CT molecular complexity index is 591. The van der Waals surface area contributed by atoms with Gasteiger partial charge in [-0.3, -0.25) is 0 Å². The summed E-state index contributed by atoms with van der Waals surface area (Å²) in [4.78, 5) is 13.6. The van der Waals surface area contributed by atoms with Crippen LogP contribution in [0.2, 0.25) is 0 Å². The van der Waals surface area contributed by atoms with Crippen LogP contribution in [0, 0.1) is 13.8 Å². The van der Waals surface area contributed by atoms with Gasteiger partial charge < -0.3 is 5.32 Å². The molecule has 2 rings (SSSR count). The van der Waals surface area contributed by atoms with Crippen molar-refractivity contribution in [2.45, 2.75) is 43.7 Å². The molecule has 4 nitrogen and oxygen atoms in total. The van der Waals surface area contributed by atoms with Crippen molar-refractivity contribution in [1.29, 1.82) is 0 Å². The molecule has 0 unspecified atom stereocenters. The topological polar surface area (TPSA) is 50.7 Å². The number of anilines is 1. The summed E-state index contributed by atoms with van der Waals surface area (Å²) in [6.07, 6.45) is 0. The number of aromatic nitrogens is 3. The fourth-order valence-electron chi connectivity index (χ4n) is 1.85. The smallest absolute Gasteiger partial charge is 0.134 e. The first-order valence-corrected chi connectivity index (χ1v) is 7.49. The molecule has 5 heteroatoms. The number of hydrogen-bond acceptors (Lipinski definition) is 5. The van der Waals surface area contributed by atoms with Gasteiger partial charge in [0, 0.05) is 24.7 Å². The van der Waals surface area contributed by atoms with Crippen LogP contribution < -0.4 is 5.32 Å². The molecule has 0 aliphatic rings.